The number of aromatic nitrogens is 2. The number of nitrogen functional groups attached to an aromatic ring is 1. The quantitative estimate of drug-likeness (QED) is 0.825. The molecular weight excluding hydrogens is 190 g/mol. The van der Waals surface area contributed by atoms with Crippen molar-refractivity contribution >= 4 is 5.82 Å². The maximum absolute atomic E-state index is 5.58. The van der Waals surface area contributed by atoms with Gasteiger partial charge in [0.1, 0.15) is 5.69 Å². The highest BCUT2D eigenvalue weighted by molar-refractivity contribution is 5.33. The molecule has 0 bridgehead atoms. The van der Waals surface area contributed by atoms with E-state index in [-0.39, 0.29) is 0 Å². The fourth-order valence-corrected chi connectivity index (χ4v) is 1.53. The van der Waals surface area contributed by atoms with Crippen molar-refractivity contribution in [3.05, 3.63) is 41.1 Å². The number of hydrogen-bond acceptors (Lipinski definition) is 4. The van der Waals surface area contributed by atoms with E-state index in [0.717, 1.165) is 18.5 Å². The van der Waals surface area contributed by atoms with Gasteiger partial charge in [-0.15, -0.1) is 0 Å². The van der Waals surface area contributed by atoms with Gasteiger partial charge in [-0.3, -0.25) is 0 Å². The van der Waals surface area contributed by atoms with E-state index < -0.39 is 0 Å². The van der Waals surface area contributed by atoms with Crippen molar-refractivity contribution in [2.45, 2.75) is 19.8 Å². The highest BCUT2D eigenvalue weighted by Gasteiger charge is 2.06. The first-order chi connectivity index (χ1) is 7.27. The Balaban J connectivity index is 2.06. The summed E-state index contributed by atoms with van der Waals surface area (Å²) in [5, 5.41) is 7.29. The minimum atomic E-state index is 0.392. The van der Waals surface area contributed by atoms with Crippen LogP contribution in [0.4, 0.5) is 5.82 Å². The molecule has 0 aliphatic rings. The molecule has 0 radical (unpaired) electrons. The molecule has 0 saturated heterocycles. The lowest BCUT2D eigenvalue weighted by Crippen LogP contribution is -1.97. The van der Waals surface area contributed by atoms with Crippen molar-refractivity contribution in [2.24, 2.45) is 0 Å². The standard InChI is InChI=1S/C11H13N3O/c1-8-4-2-3-5-9(8)6-7-10-11(12)14-15-13-10/h2-5H,6-7H2,1H3,(H2,12,14). The Morgan fingerprint density at radius 3 is 2.67 bits per heavy atom. The van der Waals surface area contributed by atoms with Crippen LogP contribution in [0.3, 0.4) is 0 Å². The third-order valence-electron chi connectivity index (χ3n) is 2.48. The Labute approximate surface area is 88.1 Å². The van der Waals surface area contributed by atoms with E-state index in [0.29, 0.717) is 5.82 Å². The molecule has 0 fully saturated rings. The summed E-state index contributed by atoms with van der Waals surface area (Å²) in [6.45, 7) is 2.10. The van der Waals surface area contributed by atoms with Crippen molar-refractivity contribution in [1.82, 2.24) is 10.3 Å². The predicted octanol–water partition coefficient (Wildman–Crippen LogP) is 1.75. The summed E-state index contributed by atoms with van der Waals surface area (Å²) < 4.78 is 4.54. The van der Waals surface area contributed by atoms with Gasteiger partial charge < -0.3 is 5.73 Å². The molecule has 15 heavy (non-hydrogen) atoms. The lowest BCUT2D eigenvalue weighted by Gasteiger charge is -2.03. The smallest absolute Gasteiger partial charge is 0.191 e. The largest absolute Gasteiger partial charge is 0.379 e. The molecule has 4 nitrogen and oxygen atoms in total. The molecule has 4 heteroatoms. The van der Waals surface area contributed by atoms with Crippen LogP contribution in [0.2, 0.25) is 0 Å². The molecule has 78 valence electrons. The number of benzene rings is 1. The van der Waals surface area contributed by atoms with Crippen LogP contribution in [-0.2, 0) is 12.8 Å². The first kappa shape index (κ1) is 9.71. The summed E-state index contributed by atoms with van der Waals surface area (Å²) in [6, 6.07) is 8.27. The van der Waals surface area contributed by atoms with E-state index in [2.05, 4.69) is 34.0 Å². The Bertz CT molecular complexity index is 451. The first-order valence-electron chi connectivity index (χ1n) is 4.89. The molecule has 1 aromatic heterocycles. The van der Waals surface area contributed by atoms with Gasteiger partial charge in [-0.1, -0.05) is 29.4 Å². The van der Waals surface area contributed by atoms with E-state index in [1.165, 1.54) is 11.1 Å². The van der Waals surface area contributed by atoms with Gasteiger partial charge >= 0.3 is 0 Å². The lowest BCUT2D eigenvalue weighted by atomic mass is 10.0. The average molecular weight is 203 g/mol. The zero-order chi connectivity index (χ0) is 10.7. The molecule has 2 aromatic rings. The van der Waals surface area contributed by atoms with E-state index in [9.17, 15) is 0 Å². The Kier molecular flexibility index (Phi) is 2.67. The average Bonchev–Trinajstić information content (AvgIpc) is 2.63. The van der Waals surface area contributed by atoms with Gasteiger partial charge in [0, 0.05) is 6.42 Å². The summed E-state index contributed by atoms with van der Waals surface area (Å²) in [5.41, 5.74) is 8.90. The van der Waals surface area contributed by atoms with Crippen LogP contribution in [0.15, 0.2) is 28.9 Å². The maximum atomic E-state index is 5.58. The van der Waals surface area contributed by atoms with Crippen molar-refractivity contribution in [3.63, 3.8) is 0 Å². The van der Waals surface area contributed by atoms with Crippen LogP contribution in [0.5, 0.6) is 0 Å². The number of rotatable bonds is 3. The zero-order valence-corrected chi connectivity index (χ0v) is 8.60. The minimum Gasteiger partial charge on any atom is -0.379 e. The monoisotopic (exact) mass is 203 g/mol. The molecule has 0 aliphatic carbocycles. The molecule has 0 unspecified atom stereocenters. The van der Waals surface area contributed by atoms with E-state index in [1.54, 1.807) is 0 Å². The summed E-state index contributed by atoms with van der Waals surface area (Å²) in [7, 11) is 0. The van der Waals surface area contributed by atoms with Crippen LogP contribution >= 0.6 is 0 Å². The van der Waals surface area contributed by atoms with Crippen molar-refractivity contribution in [1.29, 1.82) is 0 Å². The Morgan fingerprint density at radius 2 is 2.00 bits per heavy atom. The normalized spacial score (nSPS) is 10.5. The third kappa shape index (κ3) is 2.15. The molecule has 0 saturated carbocycles. The second-order valence-corrected chi connectivity index (χ2v) is 3.52. The summed E-state index contributed by atoms with van der Waals surface area (Å²) in [5.74, 6) is 0.392. The summed E-state index contributed by atoms with van der Waals surface area (Å²) in [6.07, 6.45) is 1.67. The molecule has 0 spiro atoms. The third-order valence-corrected chi connectivity index (χ3v) is 2.48. The minimum absolute atomic E-state index is 0.392. The molecule has 0 amide bonds. The van der Waals surface area contributed by atoms with Crippen LogP contribution in [0.1, 0.15) is 16.8 Å². The summed E-state index contributed by atoms with van der Waals surface area (Å²) in [4.78, 5) is 0. The number of anilines is 1. The fourth-order valence-electron chi connectivity index (χ4n) is 1.53. The van der Waals surface area contributed by atoms with Crippen LogP contribution < -0.4 is 5.73 Å². The lowest BCUT2D eigenvalue weighted by molar-refractivity contribution is 0.305. The maximum Gasteiger partial charge on any atom is 0.191 e. The van der Waals surface area contributed by atoms with Crippen LogP contribution in [-0.4, -0.2) is 10.3 Å². The van der Waals surface area contributed by atoms with Gasteiger partial charge in [-0.2, -0.15) is 0 Å². The van der Waals surface area contributed by atoms with Gasteiger partial charge in [0.05, 0.1) is 0 Å². The second kappa shape index (κ2) is 4.13. The van der Waals surface area contributed by atoms with E-state index in [1.807, 2.05) is 12.1 Å². The number of nitrogens with zero attached hydrogens (tertiary/aromatic N) is 2. The zero-order valence-electron chi connectivity index (χ0n) is 8.60. The van der Waals surface area contributed by atoms with Gasteiger partial charge in [0.2, 0.25) is 0 Å². The molecule has 2 N–H and O–H groups in total. The highest BCUT2D eigenvalue weighted by atomic mass is 16.6. The van der Waals surface area contributed by atoms with Crippen molar-refractivity contribution < 1.29 is 4.63 Å². The number of nitrogens with two attached hydrogens (primary N) is 1. The van der Waals surface area contributed by atoms with Gasteiger partial charge in [0.15, 0.2) is 5.82 Å². The number of aryl methyl sites for hydroxylation is 3. The summed E-state index contributed by atoms with van der Waals surface area (Å²) >= 11 is 0. The topological polar surface area (TPSA) is 64.9 Å². The Hall–Kier alpha value is -1.84. The molecule has 1 aromatic carbocycles. The van der Waals surface area contributed by atoms with Gasteiger partial charge in [0.25, 0.3) is 0 Å². The highest BCUT2D eigenvalue weighted by Crippen LogP contribution is 2.12. The first-order valence-corrected chi connectivity index (χ1v) is 4.89. The van der Waals surface area contributed by atoms with E-state index >= 15 is 0 Å². The SMILES string of the molecule is Cc1ccccc1CCc1nonc1N. The van der Waals surface area contributed by atoms with Crippen LogP contribution in [0, 0.1) is 6.92 Å². The van der Waals surface area contributed by atoms with Crippen molar-refractivity contribution in [2.75, 3.05) is 5.73 Å². The number of hydrogen-bond donors (Lipinski definition) is 1. The van der Waals surface area contributed by atoms with Crippen molar-refractivity contribution in [3.8, 4) is 0 Å². The second-order valence-electron chi connectivity index (χ2n) is 3.52. The predicted molar refractivity (Wildman–Crippen MR) is 57.3 cm³/mol. The molecule has 2 rings (SSSR count). The van der Waals surface area contributed by atoms with Crippen LogP contribution in [0.25, 0.3) is 0 Å². The van der Waals surface area contributed by atoms with Gasteiger partial charge in [-0.05, 0) is 29.6 Å². The Morgan fingerprint density at radius 1 is 1.20 bits per heavy atom. The molecule has 0 aliphatic heterocycles. The fraction of sp³-hybridized carbons (Fsp3) is 0.273. The van der Waals surface area contributed by atoms with Gasteiger partial charge in [-0.25, -0.2) is 4.63 Å². The molecule has 0 atom stereocenters. The molecule has 1 heterocycles. The van der Waals surface area contributed by atoms with E-state index in [4.69, 9.17) is 5.73 Å². The molecular formula is C11H13N3O.